The quantitative estimate of drug-likeness (QED) is 0.101. The van der Waals surface area contributed by atoms with Crippen LogP contribution in [0.25, 0.3) is 33.4 Å². The predicted octanol–water partition coefficient (Wildman–Crippen LogP) is 21.5. The fourth-order valence-electron chi connectivity index (χ4n) is 10.8. The molecule has 0 aliphatic heterocycles. The third-order valence-electron chi connectivity index (χ3n) is 14.6. The number of aryl methyl sites for hydroxylation is 3. The minimum Gasteiger partial charge on any atom is -0.311 e. The highest BCUT2D eigenvalue weighted by Crippen LogP contribution is 2.50. The van der Waals surface area contributed by atoms with Gasteiger partial charge in [0.05, 0.1) is 17.1 Å². The van der Waals surface area contributed by atoms with Crippen molar-refractivity contribution in [1.82, 2.24) is 0 Å². The van der Waals surface area contributed by atoms with Gasteiger partial charge in [-0.3, -0.25) is 0 Å². The van der Waals surface area contributed by atoms with Gasteiger partial charge in [0.25, 0.3) is 0 Å². The van der Waals surface area contributed by atoms with Gasteiger partial charge in [0.15, 0.2) is 0 Å². The van der Waals surface area contributed by atoms with Crippen LogP contribution in [0.1, 0.15) is 16.7 Å². The van der Waals surface area contributed by atoms with Crippen LogP contribution in [-0.2, 0) is 0 Å². The Labute approximate surface area is 465 Å². The Morgan fingerprint density at radius 3 is 0.570 bits per heavy atom. The molecule has 0 spiro atoms. The standard InChI is InChI=1S/C75H60N4/c1-55-34-49-73(70(52-55)58-37-43-67(44-38-58)76(61-22-10-4-11-23-61)62-24-12-5-13-25-62)79(74-50-35-56(2)53-71(74)59-39-45-68(46-40-59)77(63-26-14-6-15-27-63)64-28-16-7-17-29-64)75-51-36-57(3)54-72(75)60-41-47-69(48-42-60)78(65-30-18-8-19-31-65)66-32-20-9-21-33-66/h4-54H,1-3H3. The van der Waals surface area contributed by atoms with Crippen molar-refractivity contribution in [2.75, 3.05) is 19.6 Å². The van der Waals surface area contributed by atoms with Crippen LogP contribution in [0.15, 0.2) is 309 Å². The number of rotatable bonds is 15. The van der Waals surface area contributed by atoms with Gasteiger partial charge in [-0.2, -0.15) is 0 Å². The molecule has 4 heteroatoms. The SMILES string of the molecule is Cc1ccc(N(c2ccc(C)cc2-c2ccc(N(c3ccccc3)c3ccccc3)cc2)c2ccc(C)cc2-c2ccc(N(c3ccccc3)c3ccccc3)cc2)c(-c2ccc(N(c3ccccc3)c3ccccc3)cc2)c1. The zero-order chi connectivity index (χ0) is 53.5. The van der Waals surface area contributed by atoms with Crippen LogP contribution in [0.5, 0.6) is 0 Å². The number of anilines is 12. The fourth-order valence-corrected chi connectivity index (χ4v) is 10.8. The molecule has 0 saturated heterocycles. The van der Waals surface area contributed by atoms with E-state index in [9.17, 15) is 0 Å². The van der Waals surface area contributed by atoms with E-state index in [0.717, 1.165) is 102 Å². The summed E-state index contributed by atoms with van der Waals surface area (Å²) in [5, 5.41) is 0. The Kier molecular flexibility index (Phi) is 14.2. The summed E-state index contributed by atoms with van der Waals surface area (Å²) in [6.07, 6.45) is 0. The fraction of sp³-hybridized carbons (Fsp3) is 0.0400. The molecule has 4 nitrogen and oxygen atoms in total. The molecule has 79 heavy (non-hydrogen) atoms. The molecule has 12 rings (SSSR count). The monoisotopic (exact) mass is 1020 g/mol. The average molecular weight is 1020 g/mol. The molecule has 380 valence electrons. The van der Waals surface area contributed by atoms with Crippen molar-refractivity contribution in [1.29, 1.82) is 0 Å². The Balaban J connectivity index is 1.03. The second-order valence-corrected chi connectivity index (χ2v) is 20.1. The van der Waals surface area contributed by atoms with E-state index in [-0.39, 0.29) is 0 Å². The first-order valence-corrected chi connectivity index (χ1v) is 27.1. The van der Waals surface area contributed by atoms with Crippen LogP contribution < -0.4 is 19.6 Å². The highest BCUT2D eigenvalue weighted by molar-refractivity contribution is 5.99. The number of para-hydroxylation sites is 6. The van der Waals surface area contributed by atoms with E-state index in [0.29, 0.717) is 0 Å². The van der Waals surface area contributed by atoms with Crippen molar-refractivity contribution in [3.63, 3.8) is 0 Å². The first-order chi connectivity index (χ1) is 38.9. The first kappa shape index (κ1) is 49.7. The van der Waals surface area contributed by atoms with Crippen molar-refractivity contribution < 1.29 is 0 Å². The van der Waals surface area contributed by atoms with Crippen LogP contribution >= 0.6 is 0 Å². The first-order valence-electron chi connectivity index (χ1n) is 27.1. The Hall–Kier alpha value is -10.2. The van der Waals surface area contributed by atoms with Gasteiger partial charge in [0.2, 0.25) is 0 Å². The molecule has 0 heterocycles. The lowest BCUT2D eigenvalue weighted by molar-refractivity contribution is 1.26. The van der Waals surface area contributed by atoms with Gasteiger partial charge in [0.1, 0.15) is 0 Å². The normalized spacial score (nSPS) is 11.0. The number of nitrogens with zero attached hydrogens (tertiary/aromatic N) is 4. The Morgan fingerprint density at radius 1 is 0.177 bits per heavy atom. The second kappa shape index (κ2) is 22.6. The average Bonchev–Trinajstić information content (AvgIpc) is 3.60. The summed E-state index contributed by atoms with van der Waals surface area (Å²) in [4.78, 5) is 9.46. The molecule has 0 amide bonds. The van der Waals surface area contributed by atoms with Crippen LogP contribution in [0.4, 0.5) is 68.2 Å². The Bertz CT molecular complexity index is 3410. The summed E-state index contributed by atoms with van der Waals surface area (Å²) in [5.74, 6) is 0. The number of benzene rings is 12. The van der Waals surface area contributed by atoms with E-state index in [1.807, 2.05) is 0 Å². The molecule has 0 atom stereocenters. The van der Waals surface area contributed by atoms with Gasteiger partial charge >= 0.3 is 0 Å². The lowest BCUT2D eigenvalue weighted by Crippen LogP contribution is -2.14. The third-order valence-corrected chi connectivity index (χ3v) is 14.6. The summed E-state index contributed by atoms with van der Waals surface area (Å²) < 4.78 is 0. The molecule has 12 aromatic rings. The highest BCUT2D eigenvalue weighted by atomic mass is 15.2. The van der Waals surface area contributed by atoms with Crippen LogP contribution in [0.3, 0.4) is 0 Å². The van der Waals surface area contributed by atoms with E-state index >= 15 is 0 Å². The van der Waals surface area contributed by atoms with Crippen LogP contribution in [-0.4, -0.2) is 0 Å². The molecular weight excluding hydrogens is 957 g/mol. The molecule has 0 unspecified atom stereocenters. The molecule has 0 bridgehead atoms. The number of hydrogen-bond acceptors (Lipinski definition) is 4. The largest absolute Gasteiger partial charge is 0.311 e. The summed E-state index contributed by atoms with van der Waals surface area (Å²) in [7, 11) is 0. The second-order valence-electron chi connectivity index (χ2n) is 20.1. The van der Waals surface area contributed by atoms with Crippen molar-refractivity contribution in [3.8, 4) is 33.4 Å². The van der Waals surface area contributed by atoms with Crippen LogP contribution in [0, 0.1) is 20.8 Å². The minimum absolute atomic E-state index is 1.07. The van der Waals surface area contributed by atoms with Crippen LogP contribution in [0.2, 0.25) is 0 Å². The summed E-state index contributed by atoms with van der Waals surface area (Å²) in [6, 6.07) is 112. The summed E-state index contributed by atoms with van der Waals surface area (Å²) in [5.41, 5.74) is 23.4. The van der Waals surface area contributed by atoms with Crippen molar-refractivity contribution in [3.05, 3.63) is 326 Å². The Morgan fingerprint density at radius 2 is 0.367 bits per heavy atom. The molecule has 0 aliphatic carbocycles. The van der Waals surface area contributed by atoms with Gasteiger partial charge in [-0.1, -0.05) is 180 Å². The van der Waals surface area contributed by atoms with E-state index in [2.05, 4.69) is 350 Å². The van der Waals surface area contributed by atoms with Crippen molar-refractivity contribution in [2.45, 2.75) is 20.8 Å². The summed E-state index contributed by atoms with van der Waals surface area (Å²) in [6.45, 7) is 6.58. The molecule has 12 aromatic carbocycles. The molecule has 0 saturated carbocycles. The zero-order valence-electron chi connectivity index (χ0n) is 44.7. The van der Waals surface area contributed by atoms with E-state index in [1.54, 1.807) is 0 Å². The molecule has 0 radical (unpaired) electrons. The van der Waals surface area contributed by atoms with Gasteiger partial charge in [-0.05, 0) is 183 Å². The van der Waals surface area contributed by atoms with Gasteiger partial charge in [-0.15, -0.1) is 0 Å². The van der Waals surface area contributed by atoms with Gasteiger partial charge in [-0.25, -0.2) is 0 Å². The maximum absolute atomic E-state index is 2.51. The minimum atomic E-state index is 1.07. The lowest BCUT2D eigenvalue weighted by atomic mass is 9.94. The third kappa shape index (κ3) is 10.6. The zero-order valence-corrected chi connectivity index (χ0v) is 44.7. The van der Waals surface area contributed by atoms with Gasteiger partial charge in [0, 0.05) is 67.9 Å². The number of hydrogen-bond donors (Lipinski definition) is 0. The van der Waals surface area contributed by atoms with E-state index in [1.165, 1.54) is 16.7 Å². The lowest BCUT2D eigenvalue weighted by Gasteiger charge is -2.32. The van der Waals surface area contributed by atoms with E-state index < -0.39 is 0 Å². The van der Waals surface area contributed by atoms with Gasteiger partial charge < -0.3 is 19.6 Å². The van der Waals surface area contributed by atoms with Crippen molar-refractivity contribution >= 4 is 68.2 Å². The highest BCUT2D eigenvalue weighted by Gasteiger charge is 2.25. The topological polar surface area (TPSA) is 13.0 Å². The molecule has 0 aliphatic rings. The smallest absolute Gasteiger partial charge is 0.0540 e. The van der Waals surface area contributed by atoms with Crippen molar-refractivity contribution in [2.24, 2.45) is 0 Å². The maximum atomic E-state index is 2.51. The molecule has 0 N–H and O–H groups in total. The maximum Gasteiger partial charge on any atom is 0.0540 e. The predicted molar refractivity (Wildman–Crippen MR) is 336 cm³/mol. The molecular formula is C75H60N4. The summed E-state index contributed by atoms with van der Waals surface area (Å²) >= 11 is 0. The molecule has 0 fully saturated rings. The molecule has 0 aromatic heterocycles. The van der Waals surface area contributed by atoms with E-state index in [4.69, 9.17) is 0 Å².